The summed E-state index contributed by atoms with van der Waals surface area (Å²) < 4.78 is 28.0. The van der Waals surface area contributed by atoms with Crippen molar-refractivity contribution in [3.05, 3.63) is 41.0 Å². The predicted octanol–water partition coefficient (Wildman–Crippen LogP) is 1.51. The summed E-state index contributed by atoms with van der Waals surface area (Å²) in [7, 11) is -2.22. The van der Waals surface area contributed by atoms with Gasteiger partial charge in [-0.3, -0.25) is 9.40 Å². The zero-order chi connectivity index (χ0) is 14.9. The van der Waals surface area contributed by atoms with Crippen LogP contribution in [-0.2, 0) is 17.1 Å². The molecule has 1 aromatic carbocycles. The lowest BCUT2D eigenvalue weighted by Gasteiger charge is -2.10. The van der Waals surface area contributed by atoms with E-state index in [9.17, 15) is 8.42 Å². The van der Waals surface area contributed by atoms with Crippen molar-refractivity contribution in [3.8, 4) is 0 Å². The second-order valence-electron chi connectivity index (χ2n) is 3.96. The third-order valence-electron chi connectivity index (χ3n) is 2.55. The lowest BCUT2D eigenvalue weighted by Crippen LogP contribution is -2.17. The SMILES string of the molecule is Cn1nccc1S(=O)(=O)Nc1ccc(C(N)=S)cc1Cl. The second-order valence-corrected chi connectivity index (χ2v) is 6.43. The molecule has 6 nitrogen and oxygen atoms in total. The largest absolute Gasteiger partial charge is 0.389 e. The minimum atomic E-state index is -3.75. The predicted molar refractivity (Wildman–Crippen MR) is 81.4 cm³/mol. The van der Waals surface area contributed by atoms with Gasteiger partial charge in [0.1, 0.15) is 4.99 Å². The molecule has 2 rings (SSSR count). The molecule has 9 heteroatoms. The van der Waals surface area contributed by atoms with Gasteiger partial charge in [-0.25, -0.2) is 0 Å². The van der Waals surface area contributed by atoms with E-state index in [-0.39, 0.29) is 20.7 Å². The molecule has 106 valence electrons. The maximum Gasteiger partial charge on any atom is 0.279 e. The molecule has 3 N–H and O–H groups in total. The van der Waals surface area contributed by atoms with Crippen LogP contribution in [0.5, 0.6) is 0 Å². The van der Waals surface area contributed by atoms with Gasteiger partial charge < -0.3 is 5.73 Å². The van der Waals surface area contributed by atoms with Gasteiger partial charge in [0.05, 0.1) is 16.9 Å². The Kier molecular flexibility index (Phi) is 3.98. The quantitative estimate of drug-likeness (QED) is 0.829. The molecule has 1 aromatic heterocycles. The van der Waals surface area contributed by atoms with Crippen molar-refractivity contribution in [2.24, 2.45) is 12.8 Å². The lowest BCUT2D eigenvalue weighted by molar-refractivity contribution is 0.582. The van der Waals surface area contributed by atoms with E-state index in [4.69, 9.17) is 29.6 Å². The van der Waals surface area contributed by atoms with Gasteiger partial charge in [-0.1, -0.05) is 23.8 Å². The Hall–Kier alpha value is -1.64. The summed E-state index contributed by atoms with van der Waals surface area (Å²) in [6, 6.07) is 5.99. The fraction of sp³-hybridized carbons (Fsp3) is 0.0909. The van der Waals surface area contributed by atoms with Crippen molar-refractivity contribution >= 4 is 44.5 Å². The number of nitrogens with one attached hydrogen (secondary N) is 1. The van der Waals surface area contributed by atoms with Crippen molar-refractivity contribution in [1.29, 1.82) is 0 Å². The summed E-state index contributed by atoms with van der Waals surface area (Å²) in [6.07, 6.45) is 1.39. The van der Waals surface area contributed by atoms with Gasteiger partial charge in [0.25, 0.3) is 10.0 Å². The van der Waals surface area contributed by atoms with E-state index in [1.165, 1.54) is 36.1 Å². The van der Waals surface area contributed by atoms with E-state index in [0.717, 1.165) is 0 Å². The van der Waals surface area contributed by atoms with Crippen LogP contribution in [0.1, 0.15) is 5.56 Å². The maximum absolute atomic E-state index is 12.2. The number of aromatic nitrogens is 2. The average molecular weight is 331 g/mol. The van der Waals surface area contributed by atoms with E-state index in [1.807, 2.05) is 0 Å². The highest BCUT2D eigenvalue weighted by Gasteiger charge is 2.19. The molecule has 0 fully saturated rings. The maximum atomic E-state index is 12.2. The number of aryl methyl sites for hydroxylation is 1. The monoisotopic (exact) mass is 330 g/mol. The Balaban J connectivity index is 2.36. The molecular weight excluding hydrogens is 320 g/mol. The highest BCUT2D eigenvalue weighted by Crippen LogP contribution is 2.25. The first-order valence-corrected chi connectivity index (χ1v) is 7.68. The van der Waals surface area contributed by atoms with Crippen LogP contribution in [-0.4, -0.2) is 23.2 Å². The molecule has 0 atom stereocenters. The first-order valence-electron chi connectivity index (χ1n) is 5.41. The van der Waals surface area contributed by atoms with Gasteiger partial charge in [0, 0.05) is 12.6 Å². The Morgan fingerprint density at radius 1 is 1.45 bits per heavy atom. The van der Waals surface area contributed by atoms with Crippen molar-refractivity contribution in [1.82, 2.24) is 9.78 Å². The minimum Gasteiger partial charge on any atom is -0.389 e. The molecule has 0 radical (unpaired) electrons. The van der Waals surface area contributed by atoms with Crippen molar-refractivity contribution in [2.45, 2.75) is 5.03 Å². The Bertz CT molecular complexity index is 770. The van der Waals surface area contributed by atoms with Gasteiger partial charge in [0.2, 0.25) is 0 Å². The number of hydrogen-bond acceptors (Lipinski definition) is 4. The van der Waals surface area contributed by atoms with Crippen LogP contribution in [0.4, 0.5) is 5.69 Å². The third kappa shape index (κ3) is 2.92. The Morgan fingerprint density at radius 2 is 2.15 bits per heavy atom. The van der Waals surface area contributed by atoms with E-state index in [1.54, 1.807) is 6.07 Å². The molecule has 0 aliphatic heterocycles. The summed E-state index contributed by atoms with van der Waals surface area (Å²) in [5.41, 5.74) is 6.29. The number of anilines is 1. The van der Waals surface area contributed by atoms with Gasteiger partial charge in [-0.05, 0) is 24.3 Å². The Labute approximate surface area is 126 Å². The molecular formula is C11H11ClN4O2S2. The van der Waals surface area contributed by atoms with Crippen molar-refractivity contribution < 1.29 is 8.42 Å². The van der Waals surface area contributed by atoms with Crippen LogP contribution in [0.15, 0.2) is 35.5 Å². The molecule has 0 amide bonds. The number of nitrogens with zero attached hydrogens (tertiary/aromatic N) is 2. The molecule has 0 unspecified atom stereocenters. The highest BCUT2D eigenvalue weighted by molar-refractivity contribution is 7.92. The number of sulfonamides is 1. The van der Waals surface area contributed by atoms with E-state index in [0.29, 0.717) is 5.56 Å². The fourth-order valence-corrected chi connectivity index (χ4v) is 3.19. The van der Waals surface area contributed by atoms with Crippen LogP contribution in [0.3, 0.4) is 0 Å². The number of rotatable bonds is 4. The molecule has 0 saturated heterocycles. The van der Waals surface area contributed by atoms with Crippen LogP contribution in [0.2, 0.25) is 5.02 Å². The summed E-state index contributed by atoms with van der Waals surface area (Å²) in [5.74, 6) is 0. The topological polar surface area (TPSA) is 90.0 Å². The van der Waals surface area contributed by atoms with Gasteiger partial charge in [0.15, 0.2) is 5.03 Å². The van der Waals surface area contributed by atoms with Crippen LogP contribution < -0.4 is 10.5 Å². The zero-order valence-corrected chi connectivity index (χ0v) is 12.8. The van der Waals surface area contributed by atoms with Gasteiger partial charge in [-0.15, -0.1) is 0 Å². The molecule has 0 bridgehead atoms. The zero-order valence-electron chi connectivity index (χ0n) is 10.4. The molecule has 0 saturated carbocycles. The lowest BCUT2D eigenvalue weighted by atomic mass is 10.2. The van der Waals surface area contributed by atoms with E-state index >= 15 is 0 Å². The number of hydrogen-bond donors (Lipinski definition) is 2. The summed E-state index contributed by atoms with van der Waals surface area (Å²) in [6.45, 7) is 0. The summed E-state index contributed by atoms with van der Waals surface area (Å²) >= 11 is 10.8. The van der Waals surface area contributed by atoms with Gasteiger partial charge in [-0.2, -0.15) is 13.5 Å². The fourth-order valence-electron chi connectivity index (χ4n) is 1.57. The number of benzene rings is 1. The van der Waals surface area contributed by atoms with Crippen molar-refractivity contribution in [2.75, 3.05) is 4.72 Å². The summed E-state index contributed by atoms with van der Waals surface area (Å²) in [5, 5.41) is 4.06. The minimum absolute atomic E-state index is 0.0342. The Morgan fingerprint density at radius 3 is 2.65 bits per heavy atom. The first-order chi connectivity index (χ1) is 9.31. The normalized spacial score (nSPS) is 11.3. The molecule has 0 spiro atoms. The highest BCUT2D eigenvalue weighted by atomic mass is 35.5. The average Bonchev–Trinajstić information content (AvgIpc) is 2.78. The molecule has 1 heterocycles. The molecule has 20 heavy (non-hydrogen) atoms. The number of thiocarbonyl (C=S) groups is 1. The van der Waals surface area contributed by atoms with Crippen LogP contribution in [0, 0.1) is 0 Å². The van der Waals surface area contributed by atoms with Gasteiger partial charge >= 0.3 is 0 Å². The number of halogens is 1. The van der Waals surface area contributed by atoms with Crippen LogP contribution in [0.25, 0.3) is 0 Å². The van der Waals surface area contributed by atoms with E-state index < -0.39 is 10.0 Å². The smallest absolute Gasteiger partial charge is 0.279 e. The molecule has 0 aliphatic carbocycles. The van der Waals surface area contributed by atoms with E-state index in [2.05, 4.69) is 9.82 Å². The molecule has 2 aromatic rings. The third-order valence-corrected chi connectivity index (χ3v) is 4.54. The standard InChI is InChI=1S/C11H11ClN4O2S2/c1-16-10(4-5-14-16)20(17,18)15-9-3-2-7(11(13)19)6-8(9)12/h2-6,15H,1H3,(H2,13,19). The van der Waals surface area contributed by atoms with Crippen molar-refractivity contribution in [3.63, 3.8) is 0 Å². The molecule has 0 aliphatic rings. The second kappa shape index (κ2) is 5.39. The summed E-state index contributed by atoms with van der Waals surface area (Å²) in [4.78, 5) is 0.188. The first kappa shape index (κ1) is 14.8. The number of nitrogens with two attached hydrogens (primary N) is 1. The van der Waals surface area contributed by atoms with Crippen LogP contribution >= 0.6 is 23.8 Å².